The van der Waals surface area contributed by atoms with Gasteiger partial charge in [-0.15, -0.1) is 0 Å². The first-order valence-corrected chi connectivity index (χ1v) is 9.48. The van der Waals surface area contributed by atoms with Crippen LogP contribution in [-0.4, -0.2) is 13.3 Å². The van der Waals surface area contributed by atoms with Gasteiger partial charge in [0, 0.05) is 15.6 Å². The number of nitrogens with zero attached hydrogens (tertiary/aromatic N) is 1. The van der Waals surface area contributed by atoms with Crippen molar-refractivity contribution < 1.29 is 9.47 Å². The lowest BCUT2D eigenvalue weighted by Crippen LogP contribution is -2.00. The van der Waals surface area contributed by atoms with Crippen molar-refractivity contribution in [2.75, 3.05) is 12.5 Å². The highest BCUT2D eigenvalue weighted by Gasteiger charge is 2.13. The van der Waals surface area contributed by atoms with Crippen molar-refractivity contribution in [1.82, 2.24) is 0 Å². The molecule has 0 amide bonds. The maximum Gasteiger partial charge on any atom is 0.180 e. The third-order valence-corrected chi connectivity index (χ3v) is 4.69. The van der Waals surface area contributed by atoms with E-state index in [1.54, 1.807) is 43.7 Å². The van der Waals surface area contributed by atoms with Gasteiger partial charge in [0.25, 0.3) is 0 Å². The number of anilines is 1. The summed E-state index contributed by atoms with van der Waals surface area (Å²) in [6.45, 7) is 0.231. The van der Waals surface area contributed by atoms with Gasteiger partial charge >= 0.3 is 0 Å². The highest BCUT2D eigenvalue weighted by atomic mass is 35.5. The Morgan fingerprint density at radius 2 is 1.75 bits per heavy atom. The summed E-state index contributed by atoms with van der Waals surface area (Å²) in [5, 5.41) is 5.71. The molecule has 4 nitrogen and oxygen atoms in total. The molecule has 144 valence electrons. The van der Waals surface area contributed by atoms with Crippen LogP contribution in [0.5, 0.6) is 11.5 Å². The van der Waals surface area contributed by atoms with Crippen LogP contribution in [0.1, 0.15) is 11.1 Å². The number of hydrogen-bond donors (Lipinski definition) is 1. The van der Waals surface area contributed by atoms with Crippen molar-refractivity contribution in [2.45, 2.75) is 6.61 Å². The van der Waals surface area contributed by atoms with Crippen LogP contribution in [0, 0.1) is 0 Å². The number of hydrazone groups is 1. The molecule has 0 bridgehead atoms. The zero-order chi connectivity index (χ0) is 19.9. The predicted molar refractivity (Wildman–Crippen MR) is 116 cm³/mol. The molecule has 3 aromatic rings. The molecule has 0 saturated heterocycles. The van der Waals surface area contributed by atoms with E-state index in [4.69, 9.17) is 44.3 Å². The second-order valence-electron chi connectivity index (χ2n) is 5.79. The van der Waals surface area contributed by atoms with Crippen LogP contribution in [0.3, 0.4) is 0 Å². The van der Waals surface area contributed by atoms with E-state index >= 15 is 0 Å². The minimum atomic E-state index is 0.231. The third-order valence-electron chi connectivity index (χ3n) is 3.82. The SMILES string of the molecule is COc1cc(/C=N\Nc2ccccc2)cc(Cl)c1OCc1ccc(Cl)cc1Cl. The summed E-state index contributed by atoms with van der Waals surface area (Å²) >= 11 is 18.5. The minimum Gasteiger partial charge on any atom is -0.493 e. The molecule has 0 spiro atoms. The van der Waals surface area contributed by atoms with Gasteiger partial charge in [-0.25, -0.2) is 0 Å². The topological polar surface area (TPSA) is 42.8 Å². The molecule has 0 aromatic heterocycles. The van der Waals surface area contributed by atoms with E-state index in [2.05, 4.69) is 10.5 Å². The molecule has 3 rings (SSSR count). The van der Waals surface area contributed by atoms with Gasteiger partial charge in [-0.3, -0.25) is 5.43 Å². The average molecular weight is 436 g/mol. The third kappa shape index (κ3) is 5.32. The van der Waals surface area contributed by atoms with E-state index in [9.17, 15) is 0 Å². The average Bonchev–Trinajstić information content (AvgIpc) is 2.69. The van der Waals surface area contributed by atoms with E-state index in [-0.39, 0.29) is 6.61 Å². The highest BCUT2D eigenvalue weighted by Crippen LogP contribution is 2.37. The highest BCUT2D eigenvalue weighted by molar-refractivity contribution is 6.35. The number of benzene rings is 3. The molecule has 0 heterocycles. The summed E-state index contributed by atoms with van der Waals surface area (Å²) in [5.41, 5.74) is 5.40. The first-order valence-electron chi connectivity index (χ1n) is 8.35. The summed E-state index contributed by atoms with van der Waals surface area (Å²) in [7, 11) is 1.55. The number of rotatable bonds is 7. The van der Waals surface area contributed by atoms with Gasteiger partial charge in [0.2, 0.25) is 0 Å². The van der Waals surface area contributed by atoms with Crippen LogP contribution >= 0.6 is 34.8 Å². The normalized spacial score (nSPS) is 10.9. The zero-order valence-electron chi connectivity index (χ0n) is 15.0. The van der Waals surface area contributed by atoms with E-state index < -0.39 is 0 Å². The second-order valence-corrected chi connectivity index (χ2v) is 7.05. The Bertz CT molecular complexity index is 979. The smallest absolute Gasteiger partial charge is 0.180 e. The Morgan fingerprint density at radius 1 is 0.964 bits per heavy atom. The monoisotopic (exact) mass is 434 g/mol. The quantitative estimate of drug-likeness (QED) is 0.332. The lowest BCUT2D eigenvalue weighted by Gasteiger charge is -2.14. The molecule has 28 heavy (non-hydrogen) atoms. The van der Waals surface area contributed by atoms with Crippen molar-refractivity contribution in [1.29, 1.82) is 0 Å². The first kappa shape index (κ1) is 20.3. The lowest BCUT2D eigenvalue weighted by molar-refractivity contribution is 0.285. The molecule has 7 heteroatoms. The molecular formula is C21H17Cl3N2O2. The first-order chi connectivity index (χ1) is 13.6. The van der Waals surface area contributed by atoms with Gasteiger partial charge < -0.3 is 9.47 Å². The lowest BCUT2D eigenvalue weighted by atomic mass is 10.2. The Labute approximate surface area is 178 Å². The van der Waals surface area contributed by atoms with Crippen LogP contribution in [0.25, 0.3) is 0 Å². The summed E-state index contributed by atoms with van der Waals surface area (Å²) in [5.74, 6) is 0.932. The van der Waals surface area contributed by atoms with Crippen molar-refractivity contribution in [3.8, 4) is 11.5 Å². The molecule has 0 unspecified atom stereocenters. The van der Waals surface area contributed by atoms with Crippen LogP contribution < -0.4 is 14.9 Å². The molecule has 0 saturated carbocycles. The molecule has 0 fully saturated rings. The summed E-state index contributed by atoms with van der Waals surface area (Å²) in [6, 6.07) is 18.4. The summed E-state index contributed by atoms with van der Waals surface area (Å²) in [6.07, 6.45) is 1.65. The number of halogens is 3. The minimum absolute atomic E-state index is 0.231. The molecule has 0 atom stereocenters. The fourth-order valence-electron chi connectivity index (χ4n) is 2.44. The van der Waals surface area contributed by atoms with Gasteiger partial charge in [0.1, 0.15) is 6.61 Å². The largest absolute Gasteiger partial charge is 0.493 e. The standard InChI is InChI=1S/C21H17Cl3N2O2/c1-27-20-10-14(12-25-26-17-5-3-2-4-6-17)9-19(24)21(20)28-13-15-7-8-16(22)11-18(15)23/h2-12,26H,13H2,1H3/b25-12-. The van der Waals surface area contributed by atoms with Crippen LogP contribution in [0.4, 0.5) is 5.69 Å². The van der Waals surface area contributed by atoms with Crippen molar-refractivity contribution in [3.05, 3.63) is 86.9 Å². The molecule has 0 aliphatic heterocycles. The summed E-state index contributed by atoms with van der Waals surface area (Å²) in [4.78, 5) is 0. The zero-order valence-corrected chi connectivity index (χ0v) is 17.2. The fraction of sp³-hybridized carbons (Fsp3) is 0.0952. The van der Waals surface area contributed by atoms with Crippen molar-refractivity contribution >= 4 is 46.7 Å². The number of nitrogens with one attached hydrogen (secondary N) is 1. The van der Waals surface area contributed by atoms with Crippen molar-refractivity contribution in [2.24, 2.45) is 5.10 Å². The number of methoxy groups -OCH3 is 1. The van der Waals surface area contributed by atoms with E-state index in [0.29, 0.717) is 26.6 Å². The Hall–Kier alpha value is -2.40. The molecule has 3 aromatic carbocycles. The van der Waals surface area contributed by atoms with Crippen molar-refractivity contribution in [3.63, 3.8) is 0 Å². The van der Waals surface area contributed by atoms with Gasteiger partial charge in [-0.1, -0.05) is 59.1 Å². The predicted octanol–water partition coefficient (Wildman–Crippen LogP) is 6.68. The molecule has 0 aliphatic carbocycles. The second kappa shape index (κ2) is 9.69. The maximum absolute atomic E-state index is 6.40. The van der Waals surface area contributed by atoms with Gasteiger partial charge in [-0.2, -0.15) is 5.10 Å². The number of para-hydroxylation sites is 1. The van der Waals surface area contributed by atoms with E-state index in [0.717, 1.165) is 16.8 Å². The number of hydrogen-bond acceptors (Lipinski definition) is 4. The van der Waals surface area contributed by atoms with E-state index in [1.165, 1.54) is 0 Å². The molecular weight excluding hydrogens is 419 g/mol. The van der Waals surface area contributed by atoms with Crippen LogP contribution in [-0.2, 0) is 6.61 Å². The van der Waals surface area contributed by atoms with Gasteiger partial charge in [0.05, 0.1) is 24.0 Å². The Balaban J connectivity index is 1.73. The molecule has 0 aliphatic rings. The van der Waals surface area contributed by atoms with Crippen LogP contribution in [0.15, 0.2) is 65.8 Å². The molecule has 0 radical (unpaired) electrons. The number of ether oxygens (including phenoxy) is 2. The van der Waals surface area contributed by atoms with E-state index in [1.807, 2.05) is 30.3 Å². The molecule has 1 N–H and O–H groups in total. The van der Waals surface area contributed by atoms with Gasteiger partial charge in [-0.05, 0) is 42.0 Å². The Kier molecular flexibility index (Phi) is 7.04. The maximum atomic E-state index is 6.40. The van der Waals surface area contributed by atoms with Gasteiger partial charge in [0.15, 0.2) is 11.5 Å². The fourth-order valence-corrected chi connectivity index (χ4v) is 3.17. The Morgan fingerprint density at radius 3 is 2.46 bits per heavy atom. The summed E-state index contributed by atoms with van der Waals surface area (Å²) < 4.78 is 11.3. The van der Waals surface area contributed by atoms with Crippen LogP contribution in [0.2, 0.25) is 15.1 Å².